The van der Waals surface area contributed by atoms with E-state index in [9.17, 15) is 0 Å². The molecule has 29 atom stereocenters. The van der Waals surface area contributed by atoms with Crippen LogP contribution < -0.4 is 9.47 Å². The van der Waals surface area contributed by atoms with E-state index in [-0.39, 0.29) is 31.1 Å². The Labute approximate surface area is 568 Å². The van der Waals surface area contributed by atoms with Crippen molar-refractivity contribution in [2.24, 2.45) is 189 Å². The number of rotatable bonds is 32. The van der Waals surface area contributed by atoms with Gasteiger partial charge in [0.25, 0.3) is 0 Å². The number of hydrogen-bond donors (Lipinski definition) is 0. The number of ether oxygens (including phenoxy) is 4. The summed E-state index contributed by atoms with van der Waals surface area (Å²) in [5.74, 6) is 53.6. The van der Waals surface area contributed by atoms with Crippen LogP contribution in [0, 0.1) is 236 Å². The molecule has 0 N–H and O–H groups in total. The molecular formula is C88H118O6. The fraction of sp³-hybridized carbons (Fsp3) is 0.818. The van der Waals surface area contributed by atoms with Crippen LogP contribution in [0.4, 0.5) is 0 Å². The van der Waals surface area contributed by atoms with Gasteiger partial charge in [-0.1, -0.05) is 127 Å². The summed E-state index contributed by atoms with van der Waals surface area (Å²) in [5.41, 5.74) is -0.484. The molecule has 0 aromatic heterocycles. The van der Waals surface area contributed by atoms with E-state index in [1.807, 2.05) is 6.92 Å². The number of unbranched alkanes of at least 4 members (excludes halogenated alkanes) is 20. The Morgan fingerprint density at radius 2 is 0.660 bits per heavy atom. The molecule has 94 heavy (non-hydrogen) atoms. The topological polar surface area (TPSA) is 71.1 Å². The SMILES string of the molecule is CCCCCC#CC#CCCCCCCCCCOc1cc(COC(=O)C(C)(C(=O)OCC)C2C3CC4CC5CC6CC7CC8CC9CC%10CC2C2C3C3C4C4C5C6C5C7C6C8C9C7C%10C2C2C7C6C5C4C32)cc(OCCCCCCCCCC#CC#CCCCCC)c1. The molecule has 0 spiro atoms. The average Bonchev–Trinajstić information content (AvgIpc) is 1.44. The maximum atomic E-state index is 16.1. The molecule has 0 amide bonds. The Morgan fingerprint density at radius 3 is 1.02 bits per heavy atom. The zero-order chi connectivity index (χ0) is 63.3. The Hall–Kier alpha value is -4.00. The first kappa shape index (κ1) is 63.4. The third-order valence-corrected chi connectivity index (χ3v) is 32.3. The molecule has 0 aliphatic heterocycles. The lowest BCUT2D eigenvalue weighted by molar-refractivity contribution is -0.182. The van der Waals surface area contributed by atoms with Crippen molar-refractivity contribution in [1.82, 2.24) is 0 Å². The van der Waals surface area contributed by atoms with Gasteiger partial charge in [0, 0.05) is 31.7 Å². The predicted molar refractivity (Wildman–Crippen MR) is 370 cm³/mol. The zero-order valence-corrected chi connectivity index (χ0v) is 58.5. The number of carbonyl (C=O) groups excluding carboxylic acids is 2. The van der Waals surface area contributed by atoms with E-state index in [0.29, 0.717) is 36.9 Å². The van der Waals surface area contributed by atoms with Gasteiger partial charge in [0.2, 0.25) is 0 Å². The Balaban J connectivity index is 0.592. The van der Waals surface area contributed by atoms with Crippen LogP contribution in [0.2, 0.25) is 0 Å². The molecule has 0 bridgehead atoms. The van der Waals surface area contributed by atoms with Gasteiger partial charge in [-0.25, -0.2) is 0 Å². The minimum absolute atomic E-state index is 0.0184. The van der Waals surface area contributed by atoms with Crippen molar-refractivity contribution in [3.05, 3.63) is 23.8 Å². The minimum atomic E-state index is -1.36. The van der Waals surface area contributed by atoms with Crippen LogP contribution in [0.1, 0.15) is 239 Å². The quantitative estimate of drug-likeness (QED) is 0.0310. The van der Waals surface area contributed by atoms with Crippen LogP contribution in [-0.2, 0) is 25.7 Å². The summed E-state index contributed by atoms with van der Waals surface area (Å²) in [6.07, 6.45) is 39.3. The van der Waals surface area contributed by atoms with Crippen LogP contribution in [-0.4, -0.2) is 31.8 Å². The lowest BCUT2D eigenvalue weighted by Gasteiger charge is -2.62. The number of hydrogen-bond acceptors (Lipinski definition) is 6. The largest absolute Gasteiger partial charge is 0.493 e. The average molecular weight is 1270 g/mol. The van der Waals surface area contributed by atoms with Crippen LogP contribution in [0.3, 0.4) is 0 Å². The molecular weight excluding hydrogens is 1150 g/mol. The zero-order valence-electron chi connectivity index (χ0n) is 58.5. The van der Waals surface area contributed by atoms with Gasteiger partial charge in [-0.3, -0.25) is 9.59 Å². The van der Waals surface area contributed by atoms with E-state index >= 15 is 9.59 Å². The maximum Gasteiger partial charge on any atom is 0.323 e. The molecule has 0 saturated heterocycles. The summed E-state index contributed by atoms with van der Waals surface area (Å²) in [6.45, 7) is 10.2. The normalized spacial score (nSPS) is 44.3. The summed E-state index contributed by atoms with van der Waals surface area (Å²) >= 11 is 0. The third kappa shape index (κ3) is 10.2. The summed E-state index contributed by atoms with van der Waals surface area (Å²) in [6, 6.07) is 6.22. The molecule has 0 radical (unpaired) electrons. The first-order chi connectivity index (χ1) is 46.3. The number of benzene rings is 1. The van der Waals surface area contributed by atoms with Crippen LogP contribution in [0.15, 0.2) is 18.2 Å². The fourth-order valence-corrected chi connectivity index (χ4v) is 31.2. The highest BCUT2D eigenvalue weighted by Crippen LogP contribution is 2.93. The Kier molecular flexibility index (Phi) is 17.9. The third-order valence-electron chi connectivity index (χ3n) is 32.3. The van der Waals surface area contributed by atoms with E-state index in [1.54, 1.807) is 25.7 Å². The standard InChI is InChI=1S/C88H118O6/c1-5-8-10-12-14-16-18-20-22-24-26-28-30-32-34-36-38-92-60-40-52(41-61(50-60)93-39-37-35-33-31-29-27-25-23-21-19-17-15-13-11-9-6-2)51-94-87(90)88(4,86(89)91-7-3)85-62-48-58-46-55-42-53-44-57-45-54-43-56-47-59-49-63(85)72-71(62)77-69(58)75-66(55)64(53)73-68(57)74-65(54)67(56)76-70(59)78(72)84-82(76)80(74)79(73)81(75)83(77)84/h40-41,50,53-59,62-85H,5-13,22-39,42-49,51H2,1-4H3. The molecule has 29 unspecified atom stereocenters. The monoisotopic (exact) mass is 1270 g/mol. The lowest BCUT2D eigenvalue weighted by atomic mass is 9.43. The smallest absolute Gasteiger partial charge is 0.323 e. The highest BCUT2D eigenvalue weighted by Gasteiger charge is 2.89. The van der Waals surface area contributed by atoms with Gasteiger partial charge in [-0.15, -0.1) is 0 Å². The molecule has 6 nitrogen and oxygen atoms in total. The summed E-state index contributed by atoms with van der Waals surface area (Å²) in [7, 11) is 0. The molecule has 0 heterocycles. The highest BCUT2D eigenvalue weighted by atomic mass is 16.6. The number of carbonyl (C=O) groups is 2. The molecule has 16 saturated carbocycles. The van der Waals surface area contributed by atoms with E-state index < -0.39 is 5.41 Å². The van der Waals surface area contributed by atoms with Crippen molar-refractivity contribution in [3.63, 3.8) is 0 Å². The van der Waals surface area contributed by atoms with E-state index in [0.717, 1.165) is 235 Å². The molecule has 506 valence electrons. The van der Waals surface area contributed by atoms with Crippen LogP contribution in [0.25, 0.3) is 0 Å². The molecule has 1 aromatic rings. The van der Waals surface area contributed by atoms with Gasteiger partial charge in [0.05, 0.1) is 19.8 Å². The Bertz CT molecular complexity index is 3040. The molecule has 17 rings (SSSR count). The summed E-state index contributed by atoms with van der Waals surface area (Å²) in [4.78, 5) is 31.7. The molecule has 16 aliphatic carbocycles. The number of esters is 2. The van der Waals surface area contributed by atoms with E-state index in [2.05, 4.69) is 86.3 Å². The minimum Gasteiger partial charge on any atom is -0.493 e. The van der Waals surface area contributed by atoms with Crippen molar-refractivity contribution in [2.75, 3.05) is 19.8 Å². The van der Waals surface area contributed by atoms with Gasteiger partial charge in [-0.05, 0) is 329 Å². The molecule has 16 aliphatic rings. The first-order valence-electron chi connectivity index (χ1n) is 41.0. The predicted octanol–water partition coefficient (Wildman–Crippen LogP) is 18.9. The van der Waals surface area contributed by atoms with Gasteiger partial charge >= 0.3 is 11.9 Å². The van der Waals surface area contributed by atoms with Gasteiger partial charge in [0.15, 0.2) is 5.41 Å². The molecule has 16 fully saturated rings. The molecule has 1 aromatic carbocycles. The maximum absolute atomic E-state index is 16.1. The first-order valence-corrected chi connectivity index (χ1v) is 41.0. The van der Waals surface area contributed by atoms with Crippen LogP contribution >= 0.6 is 0 Å². The lowest BCUT2D eigenvalue weighted by Crippen LogP contribution is -2.58. The molecule has 6 heteroatoms. The Morgan fingerprint density at radius 1 is 0.362 bits per heavy atom. The van der Waals surface area contributed by atoms with Gasteiger partial charge in [-0.2, -0.15) is 0 Å². The second kappa shape index (κ2) is 26.6. The van der Waals surface area contributed by atoms with E-state index in [4.69, 9.17) is 18.9 Å². The van der Waals surface area contributed by atoms with Crippen molar-refractivity contribution >= 4 is 11.9 Å². The van der Waals surface area contributed by atoms with Crippen LogP contribution in [0.5, 0.6) is 11.5 Å². The van der Waals surface area contributed by atoms with Crippen molar-refractivity contribution in [1.29, 1.82) is 0 Å². The summed E-state index contributed by atoms with van der Waals surface area (Å²) < 4.78 is 26.4. The summed E-state index contributed by atoms with van der Waals surface area (Å²) in [5, 5.41) is 0. The van der Waals surface area contributed by atoms with E-state index in [1.165, 1.54) is 116 Å². The van der Waals surface area contributed by atoms with Crippen molar-refractivity contribution < 1.29 is 28.5 Å². The second-order valence-corrected chi connectivity index (χ2v) is 35.8. The van der Waals surface area contributed by atoms with Crippen molar-refractivity contribution in [2.45, 2.75) is 240 Å². The van der Waals surface area contributed by atoms with Gasteiger partial charge < -0.3 is 18.9 Å². The highest BCUT2D eigenvalue weighted by molar-refractivity contribution is 6.00. The second-order valence-electron chi connectivity index (χ2n) is 35.8. The van der Waals surface area contributed by atoms with Gasteiger partial charge in [0.1, 0.15) is 18.1 Å². The fourth-order valence-electron chi connectivity index (χ4n) is 31.2. The van der Waals surface area contributed by atoms with Crippen molar-refractivity contribution in [3.8, 4) is 58.9 Å².